The van der Waals surface area contributed by atoms with E-state index in [1.54, 1.807) is 6.07 Å². The minimum absolute atomic E-state index is 0.0664. The fourth-order valence-corrected chi connectivity index (χ4v) is 4.12. The van der Waals surface area contributed by atoms with Crippen LogP contribution in [0.3, 0.4) is 0 Å². The summed E-state index contributed by atoms with van der Waals surface area (Å²) < 4.78 is 27.2. The molecule has 21 heavy (non-hydrogen) atoms. The van der Waals surface area contributed by atoms with Crippen LogP contribution in [0.2, 0.25) is 5.02 Å². The highest BCUT2D eigenvalue weighted by Gasteiger charge is 2.21. The van der Waals surface area contributed by atoms with Crippen LogP contribution in [-0.2, 0) is 10.0 Å². The van der Waals surface area contributed by atoms with Crippen LogP contribution < -0.4 is 4.72 Å². The van der Waals surface area contributed by atoms with Gasteiger partial charge in [-0.15, -0.1) is 0 Å². The van der Waals surface area contributed by atoms with E-state index in [2.05, 4.69) is 16.6 Å². The number of sulfonamides is 1. The van der Waals surface area contributed by atoms with Gasteiger partial charge in [-0.1, -0.05) is 36.3 Å². The molecule has 1 aromatic rings. The van der Waals surface area contributed by atoms with Gasteiger partial charge in [-0.05, 0) is 37.0 Å². The first-order chi connectivity index (χ1) is 10.0. The number of hydrogen-bond donors (Lipinski definition) is 2. The van der Waals surface area contributed by atoms with E-state index in [9.17, 15) is 8.42 Å². The van der Waals surface area contributed by atoms with Gasteiger partial charge in [0.2, 0.25) is 10.0 Å². The third-order valence-electron chi connectivity index (χ3n) is 3.57. The minimum Gasteiger partial charge on any atom is -0.384 e. The number of aliphatic hydroxyl groups is 1. The van der Waals surface area contributed by atoms with Gasteiger partial charge in [0, 0.05) is 12.1 Å². The molecule has 1 aliphatic rings. The maximum Gasteiger partial charge on any atom is 0.242 e. The Bertz CT molecular complexity index is 655. The number of benzene rings is 1. The molecule has 0 bridgehead atoms. The van der Waals surface area contributed by atoms with Crippen molar-refractivity contribution < 1.29 is 13.5 Å². The fraction of sp³-hybridized carbons (Fsp3) is 0.467. The number of rotatable bonds is 4. The molecule has 2 rings (SSSR count). The highest BCUT2D eigenvalue weighted by Crippen LogP contribution is 2.26. The standard InChI is InChI=1S/C15H18ClNO3S/c16-14-10-12(6-3-9-18)7-8-15(14)21(19,20)17-11-13-4-1-2-5-13/h7-8,10,13,17-18H,1-2,4-5,9,11H2. The van der Waals surface area contributed by atoms with Crippen LogP contribution in [0.25, 0.3) is 0 Å². The van der Waals surface area contributed by atoms with E-state index < -0.39 is 10.0 Å². The lowest BCUT2D eigenvalue weighted by molar-refractivity contribution is 0.350. The lowest BCUT2D eigenvalue weighted by Crippen LogP contribution is -2.28. The predicted molar refractivity (Wildman–Crippen MR) is 82.6 cm³/mol. The van der Waals surface area contributed by atoms with Crippen molar-refractivity contribution in [2.24, 2.45) is 5.92 Å². The zero-order chi connectivity index (χ0) is 15.3. The lowest BCUT2D eigenvalue weighted by Gasteiger charge is -2.12. The van der Waals surface area contributed by atoms with E-state index in [1.807, 2.05) is 0 Å². The lowest BCUT2D eigenvalue weighted by atomic mass is 10.1. The molecule has 0 amide bonds. The Kier molecular flexibility index (Phi) is 5.65. The first-order valence-corrected chi connectivity index (χ1v) is 8.78. The Balaban J connectivity index is 2.11. The van der Waals surface area contributed by atoms with Gasteiger partial charge in [-0.2, -0.15) is 0 Å². The summed E-state index contributed by atoms with van der Waals surface area (Å²) in [7, 11) is -3.60. The number of halogens is 1. The molecule has 2 N–H and O–H groups in total. The van der Waals surface area contributed by atoms with Gasteiger partial charge in [-0.25, -0.2) is 13.1 Å². The molecule has 0 unspecified atom stereocenters. The number of hydrogen-bond acceptors (Lipinski definition) is 3. The third kappa shape index (κ3) is 4.45. The Morgan fingerprint density at radius 3 is 2.67 bits per heavy atom. The number of nitrogens with one attached hydrogen (secondary N) is 1. The highest BCUT2D eigenvalue weighted by atomic mass is 35.5. The molecular formula is C15H18ClNO3S. The summed E-state index contributed by atoms with van der Waals surface area (Å²) in [5.41, 5.74) is 0.573. The van der Waals surface area contributed by atoms with E-state index in [0.717, 1.165) is 12.8 Å². The van der Waals surface area contributed by atoms with Crippen LogP contribution >= 0.6 is 11.6 Å². The first-order valence-electron chi connectivity index (χ1n) is 6.92. The average Bonchev–Trinajstić information content (AvgIpc) is 2.96. The molecule has 6 heteroatoms. The summed E-state index contributed by atoms with van der Waals surface area (Å²) in [6.45, 7) is 0.214. The Labute approximate surface area is 130 Å². The maximum absolute atomic E-state index is 12.3. The normalized spacial score (nSPS) is 15.7. The van der Waals surface area contributed by atoms with E-state index >= 15 is 0 Å². The van der Waals surface area contributed by atoms with E-state index in [0.29, 0.717) is 18.0 Å². The molecule has 0 atom stereocenters. The topological polar surface area (TPSA) is 66.4 Å². The third-order valence-corrected chi connectivity index (χ3v) is 5.48. The van der Waals surface area contributed by atoms with Gasteiger partial charge in [0.1, 0.15) is 11.5 Å². The van der Waals surface area contributed by atoms with E-state index in [4.69, 9.17) is 16.7 Å². The summed E-state index contributed by atoms with van der Waals surface area (Å²) in [5.74, 6) is 5.61. The van der Waals surface area contributed by atoms with Gasteiger partial charge in [0.25, 0.3) is 0 Å². The van der Waals surface area contributed by atoms with Gasteiger partial charge < -0.3 is 5.11 Å². The predicted octanol–water partition coefficient (Wildman–Crippen LogP) is 2.15. The Morgan fingerprint density at radius 1 is 1.33 bits per heavy atom. The van der Waals surface area contributed by atoms with Crippen LogP contribution in [0, 0.1) is 17.8 Å². The highest BCUT2D eigenvalue weighted by molar-refractivity contribution is 7.89. The maximum atomic E-state index is 12.3. The van der Waals surface area contributed by atoms with Crippen LogP contribution in [0.5, 0.6) is 0 Å². The summed E-state index contributed by atoms with van der Waals surface area (Å²) >= 11 is 6.04. The molecule has 1 saturated carbocycles. The van der Waals surface area contributed by atoms with Crippen molar-refractivity contribution in [1.29, 1.82) is 0 Å². The van der Waals surface area contributed by atoms with Crippen molar-refractivity contribution in [3.8, 4) is 11.8 Å². The molecule has 1 aromatic carbocycles. The average molecular weight is 328 g/mol. The molecule has 1 aliphatic carbocycles. The first kappa shape index (κ1) is 16.3. The van der Waals surface area contributed by atoms with Gasteiger partial charge >= 0.3 is 0 Å². The van der Waals surface area contributed by atoms with Crippen molar-refractivity contribution in [3.05, 3.63) is 28.8 Å². The number of aliphatic hydroxyl groups excluding tert-OH is 1. The molecule has 1 fully saturated rings. The van der Waals surface area contributed by atoms with Gasteiger partial charge in [0.05, 0.1) is 5.02 Å². The molecule has 0 aromatic heterocycles. The zero-order valence-electron chi connectivity index (χ0n) is 11.6. The van der Waals surface area contributed by atoms with Gasteiger partial charge in [-0.3, -0.25) is 0 Å². The second-order valence-electron chi connectivity index (χ2n) is 5.11. The molecular weight excluding hydrogens is 310 g/mol. The smallest absolute Gasteiger partial charge is 0.242 e. The zero-order valence-corrected chi connectivity index (χ0v) is 13.2. The fourth-order valence-electron chi connectivity index (χ4n) is 2.46. The quantitative estimate of drug-likeness (QED) is 0.833. The molecule has 0 heterocycles. The summed E-state index contributed by atoms with van der Waals surface area (Å²) in [6.07, 6.45) is 4.49. The van der Waals surface area contributed by atoms with E-state index in [-0.39, 0.29) is 16.5 Å². The molecule has 4 nitrogen and oxygen atoms in total. The second kappa shape index (κ2) is 7.28. The van der Waals surface area contributed by atoms with Crippen molar-refractivity contribution in [2.45, 2.75) is 30.6 Å². The van der Waals surface area contributed by atoms with Crippen LogP contribution in [0.4, 0.5) is 0 Å². The second-order valence-corrected chi connectivity index (χ2v) is 7.25. The Morgan fingerprint density at radius 2 is 2.05 bits per heavy atom. The molecule has 0 saturated heterocycles. The molecule has 114 valence electrons. The molecule has 0 spiro atoms. The largest absolute Gasteiger partial charge is 0.384 e. The molecule has 0 aliphatic heterocycles. The van der Waals surface area contributed by atoms with Crippen LogP contribution in [-0.4, -0.2) is 26.7 Å². The van der Waals surface area contributed by atoms with Crippen LogP contribution in [0.15, 0.2) is 23.1 Å². The summed E-state index contributed by atoms with van der Waals surface area (Å²) in [6, 6.07) is 4.52. The summed E-state index contributed by atoms with van der Waals surface area (Å²) in [4.78, 5) is 0.0664. The van der Waals surface area contributed by atoms with Crippen LogP contribution in [0.1, 0.15) is 31.2 Å². The van der Waals surface area contributed by atoms with Crippen molar-refractivity contribution in [3.63, 3.8) is 0 Å². The Hall–Kier alpha value is -1.06. The summed E-state index contributed by atoms with van der Waals surface area (Å²) in [5, 5.41) is 8.78. The minimum atomic E-state index is -3.60. The monoisotopic (exact) mass is 327 g/mol. The van der Waals surface area contributed by atoms with E-state index in [1.165, 1.54) is 25.0 Å². The van der Waals surface area contributed by atoms with Crippen molar-refractivity contribution in [1.82, 2.24) is 4.72 Å². The molecule has 0 radical (unpaired) electrons. The van der Waals surface area contributed by atoms with Crippen molar-refractivity contribution >= 4 is 21.6 Å². The van der Waals surface area contributed by atoms with Crippen molar-refractivity contribution in [2.75, 3.05) is 13.2 Å². The SMILES string of the molecule is O=S(=O)(NCC1CCCC1)c1ccc(C#CCO)cc1Cl. The van der Waals surface area contributed by atoms with Gasteiger partial charge in [0.15, 0.2) is 0 Å².